The van der Waals surface area contributed by atoms with Crippen molar-refractivity contribution in [3.05, 3.63) is 58.9 Å². The van der Waals surface area contributed by atoms with Crippen LogP contribution in [0.5, 0.6) is 0 Å². The van der Waals surface area contributed by atoms with Gasteiger partial charge in [0.15, 0.2) is 0 Å². The number of fused-ring (bicyclic) bond motifs is 1. The van der Waals surface area contributed by atoms with E-state index in [9.17, 15) is 4.79 Å². The maximum atomic E-state index is 12.5. The van der Waals surface area contributed by atoms with E-state index < -0.39 is 0 Å². The molecular weight excluding hydrogens is 312 g/mol. The summed E-state index contributed by atoms with van der Waals surface area (Å²) < 4.78 is 0. The quantitative estimate of drug-likeness (QED) is 0.794. The van der Waals surface area contributed by atoms with Crippen LogP contribution >= 0.6 is 0 Å². The summed E-state index contributed by atoms with van der Waals surface area (Å²) in [5.41, 5.74) is 2.79. The molecule has 3 aromatic rings. The SMILES string of the molecule is CN(c1ccccc1)c1ccc2c(=O)[nH]c(N3CCCCC3)nc2c1. The summed E-state index contributed by atoms with van der Waals surface area (Å²) >= 11 is 0. The molecule has 0 saturated carbocycles. The normalized spacial score (nSPS) is 14.7. The van der Waals surface area contributed by atoms with E-state index in [0.717, 1.165) is 42.8 Å². The van der Waals surface area contributed by atoms with E-state index in [1.165, 1.54) is 6.42 Å². The van der Waals surface area contributed by atoms with Gasteiger partial charge in [0.1, 0.15) is 0 Å². The van der Waals surface area contributed by atoms with E-state index in [0.29, 0.717) is 11.3 Å². The third kappa shape index (κ3) is 3.09. The Morgan fingerprint density at radius 2 is 1.76 bits per heavy atom. The van der Waals surface area contributed by atoms with Crippen molar-refractivity contribution < 1.29 is 0 Å². The molecule has 1 aliphatic heterocycles. The summed E-state index contributed by atoms with van der Waals surface area (Å²) in [5.74, 6) is 0.691. The first-order valence-electron chi connectivity index (χ1n) is 8.80. The standard InChI is InChI=1S/C20H22N4O/c1-23(15-8-4-2-5-9-15)16-10-11-17-18(14-16)21-20(22-19(17)25)24-12-6-3-7-13-24/h2,4-5,8-11,14H,3,6-7,12-13H2,1H3,(H,21,22,25). The predicted octanol–water partition coefficient (Wildman–Crippen LogP) is 3.68. The first-order chi connectivity index (χ1) is 12.2. The van der Waals surface area contributed by atoms with E-state index in [1.807, 2.05) is 43.4 Å². The van der Waals surface area contributed by atoms with Crippen LogP contribution in [0.3, 0.4) is 0 Å². The number of hydrogen-bond acceptors (Lipinski definition) is 4. The molecule has 1 aliphatic rings. The van der Waals surface area contributed by atoms with Crippen molar-refractivity contribution in [3.63, 3.8) is 0 Å². The van der Waals surface area contributed by atoms with Gasteiger partial charge in [-0.3, -0.25) is 9.78 Å². The zero-order valence-electron chi connectivity index (χ0n) is 14.4. The van der Waals surface area contributed by atoms with Gasteiger partial charge in [-0.05, 0) is 49.6 Å². The maximum Gasteiger partial charge on any atom is 0.260 e. The van der Waals surface area contributed by atoms with Gasteiger partial charge in [-0.1, -0.05) is 18.2 Å². The summed E-state index contributed by atoms with van der Waals surface area (Å²) in [7, 11) is 2.02. The van der Waals surface area contributed by atoms with Gasteiger partial charge in [0.05, 0.1) is 10.9 Å². The second-order valence-electron chi connectivity index (χ2n) is 6.53. The number of nitrogens with one attached hydrogen (secondary N) is 1. The van der Waals surface area contributed by atoms with Crippen LogP contribution < -0.4 is 15.4 Å². The molecule has 0 unspecified atom stereocenters. The van der Waals surface area contributed by atoms with Crippen LogP contribution in [0.25, 0.3) is 10.9 Å². The van der Waals surface area contributed by atoms with Gasteiger partial charge in [0.25, 0.3) is 5.56 Å². The van der Waals surface area contributed by atoms with E-state index in [4.69, 9.17) is 4.98 Å². The van der Waals surface area contributed by atoms with Crippen LogP contribution in [0.15, 0.2) is 53.3 Å². The fraction of sp³-hybridized carbons (Fsp3) is 0.300. The fourth-order valence-corrected chi connectivity index (χ4v) is 3.38. The van der Waals surface area contributed by atoms with Crippen molar-refractivity contribution in [3.8, 4) is 0 Å². The Kier molecular flexibility index (Phi) is 4.14. The van der Waals surface area contributed by atoms with Gasteiger partial charge in [0, 0.05) is 31.5 Å². The summed E-state index contributed by atoms with van der Waals surface area (Å²) in [6.07, 6.45) is 3.55. The smallest absolute Gasteiger partial charge is 0.260 e. The molecule has 0 atom stereocenters. The lowest BCUT2D eigenvalue weighted by Gasteiger charge is -2.27. The van der Waals surface area contributed by atoms with Crippen LogP contribution in [0.1, 0.15) is 19.3 Å². The summed E-state index contributed by atoms with van der Waals surface area (Å²) in [5, 5.41) is 0.631. The molecule has 1 N–H and O–H groups in total. The molecule has 1 saturated heterocycles. The highest BCUT2D eigenvalue weighted by Crippen LogP contribution is 2.26. The first kappa shape index (κ1) is 15.7. The molecule has 0 amide bonds. The zero-order valence-corrected chi connectivity index (χ0v) is 14.4. The Morgan fingerprint density at radius 1 is 1.00 bits per heavy atom. The van der Waals surface area contributed by atoms with Gasteiger partial charge in [-0.25, -0.2) is 4.98 Å². The lowest BCUT2D eigenvalue weighted by atomic mass is 10.1. The Labute approximate surface area is 146 Å². The molecule has 128 valence electrons. The topological polar surface area (TPSA) is 52.2 Å². The number of anilines is 3. The number of aromatic amines is 1. The molecule has 1 fully saturated rings. The fourth-order valence-electron chi connectivity index (χ4n) is 3.38. The number of piperidine rings is 1. The number of benzene rings is 2. The van der Waals surface area contributed by atoms with Crippen molar-refractivity contribution >= 4 is 28.2 Å². The van der Waals surface area contributed by atoms with Crippen molar-refractivity contribution in [1.82, 2.24) is 9.97 Å². The van der Waals surface area contributed by atoms with Gasteiger partial charge >= 0.3 is 0 Å². The molecule has 5 nitrogen and oxygen atoms in total. The molecule has 0 aliphatic carbocycles. The average Bonchev–Trinajstić information content (AvgIpc) is 2.68. The minimum absolute atomic E-state index is 0.0699. The lowest BCUT2D eigenvalue weighted by molar-refractivity contribution is 0.568. The number of para-hydroxylation sites is 1. The average molecular weight is 334 g/mol. The second-order valence-corrected chi connectivity index (χ2v) is 6.53. The summed E-state index contributed by atoms with van der Waals surface area (Å²) in [4.78, 5) is 24.4. The molecule has 0 spiro atoms. The van der Waals surface area contributed by atoms with Gasteiger partial charge in [-0.15, -0.1) is 0 Å². The highest BCUT2D eigenvalue weighted by Gasteiger charge is 2.15. The van der Waals surface area contributed by atoms with Crippen molar-refractivity contribution in [1.29, 1.82) is 0 Å². The molecule has 25 heavy (non-hydrogen) atoms. The Balaban J connectivity index is 1.75. The lowest BCUT2D eigenvalue weighted by Crippen LogP contribution is -2.32. The number of rotatable bonds is 3. The Bertz CT molecular complexity index is 929. The minimum Gasteiger partial charge on any atom is -0.345 e. The van der Waals surface area contributed by atoms with Gasteiger partial charge in [-0.2, -0.15) is 0 Å². The third-order valence-electron chi connectivity index (χ3n) is 4.86. The van der Waals surface area contributed by atoms with Gasteiger partial charge in [0.2, 0.25) is 5.95 Å². The van der Waals surface area contributed by atoms with E-state index in [-0.39, 0.29) is 5.56 Å². The van der Waals surface area contributed by atoms with Crippen molar-refractivity contribution in [2.45, 2.75) is 19.3 Å². The molecule has 0 radical (unpaired) electrons. The predicted molar refractivity (Wildman–Crippen MR) is 103 cm³/mol. The zero-order chi connectivity index (χ0) is 17.2. The molecule has 0 bridgehead atoms. The number of nitrogens with zero attached hydrogens (tertiary/aromatic N) is 3. The third-order valence-corrected chi connectivity index (χ3v) is 4.86. The van der Waals surface area contributed by atoms with Crippen LogP contribution in [0.4, 0.5) is 17.3 Å². The Morgan fingerprint density at radius 3 is 2.52 bits per heavy atom. The van der Waals surface area contributed by atoms with Crippen LogP contribution in [-0.4, -0.2) is 30.1 Å². The monoisotopic (exact) mass is 334 g/mol. The van der Waals surface area contributed by atoms with Crippen molar-refractivity contribution in [2.24, 2.45) is 0 Å². The Hall–Kier alpha value is -2.82. The van der Waals surface area contributed by atoms with E-state index in [1.54, 1.807) is 0 Å². The number of aromatic nitrogens is 2. The van der Waals surface area contributed by atoms with Crippen LogP contribution in [-0.2, 0) is 0 Å². The molecule has 4 rings (SSSR count). The van der Waals surface area contributed by atoms with Crippen molar-refractivity contribution in [2.75, 3.05) is 29.9 Å². The molecular formula is C20H22N4O. The van der Waals surface area contributed by atoms with Crippen LogP contribution in [0, 0.1) is 0 Å². The molecule has 2 heterocycles. The minimum atomic E-state index is -0.0699. The number of hydrogen-bond donors (Lipinski definition) is 1. The largest absolute Gasteiger partial charge is 0.345 e. The highest BCUT2D eigenvalue weighted by molar-refractivity contribution is 5.83. The van der Waals surface area contributed by atoms with E-state index in [2.05, 4.69) is 26.9 Å². The first-order valence-corrected chi connectivity index (χ1v) is 8.80. The van der Waals surface area contributed by atoms with Gasteiger partial charge < -0.3 is 9.80 Å². The molecule has 5 heteroatoms. The van der Waals surface area contributed by atoms with Crippen LogP contribution in [0.2, 0.25) is 0 Å². The molecule has 2 aromatic carbocycles. The molecule has 1 aromatic heterocycles. The summed E-state index contributed by atoms with van der Waals surface area (Å²) in [6.45, 7) is 1.91. The second kappa shape index (κ2) is 6.59. The summed E-state index contributed by atoms with van der Waals surface area (Å²) in [6, 6.07) is 16.0. The maximum absolute atomic E-state index is 12.5. The number of H-pyrrole nitrogens is 1. The van der Waals surface area contributed by atoms with E-state index >= 15 is 0 Å². The highest BCUT2D eigenvalue weighted by atomic mass is 16.1.